The summed E-state index contributed by atoms with van der Waals surface area (Å²) in [5.41, 5.74) is 7.04. The third-order valence-electron chi connectivity index (χ3n) is 6.58. The van der Waals surface area contributed by atoms with E-state index < -0.39 is 6.67 Å². The summed E-state index contributed by atoms with van der Waals surface area (Å²) in [6.07, 6.45) is 8.82. The van der Waals surface area contributed by atoms with Gasteiger partial charge in [0.1, 0.15) is 30.4 Å². The summed E-state index contributed by atoms with van der Waals surface area (Å²) in [7, 11) is 0. The van der Waals surface area contributed by atoms with Gasteiger partial charge in [-0.3, -0.25) is 4.99 Å². The third-order valence-corrected chi connectivity index (χ3v) is 6.58. The van der Waals surface area contributed by atoms with Gasteiger partial charge in [-0.1, -0.05) is 26.5 Å². The van der Waals surface area contributed by atoms with Crippen molar-refractivity contribution in [1.29, 1.82) is 0 Å². The lowest BCUT2D eigenvalue weighted by atomic mass is 9.74. The summed E-state index contributed by atoms with van der Waals surface area (Å²) in [4.78, 5) is 18.5. The summed E-state index contributed by atoms with van der Waals surface area (Å²) in [5, 5.41) is 0. The Hall–Kier alpha value is -3.48. The van der Waals surface area contributed by atoms with Gasteiger partial charge in [-0.05, 0) is 54.0 Å². The van der Waals surface area contributed by atoms with E-state index >= 15 is 0 Å². The smallest absolute Gasteiger partial charge is 0.157 e. The van der Waals surface area contributed by atoms with E-state index in [9.17, 15) is 4.39 Å². The van der Waals surface area contributed by atoms with Crippen molar-refractivity contribution in [3.05, 3.63) is 66.4 Å². The minimum atomic E-state index is -0.635. The zero-order valence-corrected chi connectivity index (χ0v) is 19.8. The highest BCUT2D eigenvalue weighted by Gasteiger charge is 2.28. The Morgan fingerprint density at radius 2 is 2.18 bits per heavy atom. The number of aliphatic imine (C=N–C) groups is 1. The highest BCUT2D eigenvalue weighted by atomic mass is 19.1. The predicted molar refractivity (Wildman–Crippen MR) is 133 cm³/mol. The summed E-state index contributed by atoms with van der Waals surface area (Å²) in [5.74, 6) is 1.20. The highest BCUT2D eigenvalue weighted by Crippen LogP contribution is 2.38. The average Bonchev–Trinajstić information content (AvgIpc) is 3.13. The fourth-order valence-electron chi connectivity index (χ4n) is 4.79. The van der Waals surface area contributed by atoms with Crippen molar-refractivity contribution in [1.82, 2.24) is 19.9 Å². The Bertz CT molecular complexity index is 1290. The van der Waals surface area contributed by atoms with Gasteiger partial charge in [-0.2, -0.15) is 0 Å². The van der Waals surface area contributed by atoms with Crippen molar-refractivity contribution in [2.24, 2.45) is 10.4 Å². The fourth-order valence-corrected chi connectivity index (χ4v) is 4.79. The van der Waals surface area contributed by atoms with Crippen LogP contribution >= 0.6 is 0 Å². The number of hydrogen-bond donors (Lipinski definition) is 1. The molecule has 0 unspecified atom stereocenters. The maximum atomic E-state index is 13.0. The summed E-state index contributed by atoms with van der Waals surface area (Å²) < 4.78 is 19.0. The molecule has 7 heteroatoms. The number of fused-ring (bicyclic) bond motifs is 2. The van der Waals surface area contributed by atoms with Gasteiger partial charge in [-0.25, -0.2) is 14.4 Å². The van der Waals surface area contributed by atoms with E-state index in [4.69, 9.17) is 4.74 Å². The van der Waals surface area contributed by atoms with Crippen LogP contribution in [-0.4, -0.2) is 38.7 Å². The number of H-pyrrole nitrogens is 1. The number of rotatable bonds is 4. The van der Waals surface area contributed by atoms with E-state index in [0.717, 1.165) is 60.5 Å². The molecule has 1 N–H and O–H groups in total. The first-order valence-corrected chi connectivity index (χ1v) is 11.7. The second-order valence-corrected chi connectivity index (χ2v) is 9.80. The molecule has 1 fully saturated rings. The van der Waals surface area contributed by atoms with Gasteiger partial charge < -0.3 is 14.6 Å². The number of aromatic amines is 1. The maximum absolute atomic E-state index is 13.0. The Kier molecular flexibility index (Phi) is 5.94. The SMILES string of the molecule is C=C/N=C1/CCC(C)(C)C/C1=C\N1CCOc2ccc(-c3cnc4[nH]c(CF)nc4c3)cc2C1. The number of ether oxygens (including phenoxy) is 1. The van der Waals surface area contributed by atoms with Crippen LogP contribution in [0.25, 0.3) is 22.3 Å². The second-order valence-electron chi connectivity index (χ2n) is 9.80. The summed E-state index contributed by atoms with van der Waals surface area (Å²) >= 11 is 0. The van der Waals surface area contributed by atoms with Crippen molar-refractivity contribution in [3.63, 3.8) is 0 Å². The van der Waals surface area contributed by atoms with Crippen LogP contribution in [0.2, 0.25) is 0 Å². The van der Waals surface area contributed by atoms with Crippen LogP contribution < -0.4 is 4.74 Å². The summed E-state index contributed by atoms with van der Waals surface area (Å²) in [6, 6.07) is 8.16. The van der Waals surface area contributed by atoms with Gasteiger partial charge in [0.15, 0.2) is 5.65 Å². The number of benzene rings is 1. The minimum Gasteiger partial charge on any atom is -0.491 e. The van der Waals surface area contributed by atoms with Gasteiger partial charge in [0.25, 0.3) is 0 Å². The molecule has 0 saturated heterocycles. The first kappa shape index (κ1) is 22.3. The van der Waals surface area contributed by atoms with Gasteiger partial charge in [0.05, 0.1) is 6.54 Å². The molecule has 0 atom stereocenters. The maximum Gasteiger partial charge on any atom is 0.157 e. The van der Waals surface area contributed by atoms with Crippen LogP contribution in [0.4, 0.5) is 4.39 Å². The van der Waals surface area contributed by atoms with Gasteiger partial charge >= 0.3 is 0 Å². The number of halogens is 1. The number of alkyl halides is 1. The van der Waals surface area contributed by atoms with Crippen LogP contribution in [0.15, 0.2) is 60.0 Å². The molecule has 0 bridgehead atoms. The first-order valence-electron chi connectivity index (χ1n) is 11.7. The number of aromatic nitrogens is 3. The van der Waals surface area contributed by atoms with Gasteiger partial charge in [-0.15, -0.1) is 0 Å². The molecule has 2 aromatic heterocycles. The second kappa shape index (κ2) is 9.05. The molecule has 3 heterocycles. The number of imidazole rings is 1. The molecule has 176 valence electrons. The van der Waals surface area contributed by atoms with Crippen LogP contribution in [0.5, 0.6) is 5.75 Å². The van der Waals surface area contributed by atoms with Crippen LogP contribution in [0.1, 0.15) is 44.5 Å². The van der Waals surface area contributed by atoms with E-state index in [1.807, 2.05) is 18.2 Å². The zero-order valence-electron chi connectivity index (χ0n) is 19.8. The minimum absolute atomic E-state index is 0.263. The molecule has 1 saturated carbocycles. The molecule has 0 spiro atoms. The standard InChI is InChI=1S/C27H30FN5O/c1-4-29-22-7-8-27(2,3)13-21(22)17-33-9-10-34-24-6-5-18(11-20(24)16-33)19-12-23-26(30-15-19)32-25(14-28)31-23/h4-6,11-12,15,17H,1,7-10,13-14,16H2,2-3H3,(H,30,31,32)/b21-17+,29-22-. The van der Waals surface area contributed by atoms with Crippen LogP contribution in [0.3, 0.4) is 0 Å². The van der Waals surface area contributed by atoms with Crippen molar-refractivity contribution >= 4 is 16.9 Å². The third kappa shape index (κ3) is 4.60. The number of nitrogens with zero attached hydrogens (tertiary/aromatic N) is 4. The van der Waals surface area contributed by atoms with E-state index in [-0.39, 0.29) is 5.41 Å². The molecule has 3 aromatic rings. The molecule has 5 rings (SSSR count). The Balaban J connectivity index is 1.45. The normalized spacial score (nSPS) is 20.3. The number of allylic oxidation sites excluding steroid dienone is 1. The summed E-state index contributed by atoms with van der Waals surface area (Å²) in [6.45, 7) is 9.99. The molecule has 1 aliphatic heterocycles. The lowest BCUT2D eigenvalue weighted by Gasteiger charge is -2.33. The molecule has 6 nitrogen and oxygen atoms in total. The van der Waals surface area contributed by atoms with Crippen LogP contribution in [-0.2, 0) is 13.2 Å². The molecule has 1 aliphatic carbocycles. The van der Waals surface area contributed by atoms with Crippen molar-refractivity contribution in [3.8, 4) is 16.9 Å². The van der Waals surface area contributed by atoms with E-state index in [1.165, 1.54) is 5.57 Å². The molecule has 0 amide bonds. The van der Waals surface area contributed by atoms with E-state index in [2.05, 4.69) is 57.5 Å². The fraction of sp³-hybridized carbons (Fsp3) is 0.370. The lowest BCUT2D eigenvalue weighted by molar-refractivity contribution is 0.272. The predicted octanol–water partition coefficient (Wildman–Crippen LogP) is 5.97. The Labute approximate surface area is 199 Å². The monoisotopic (exact) mass is 459 g/mol. The Morgan fingerprint density at radius 3 is 3.00 bits per heavy atom. The average molecular weight is 460 g/mol. The van der Waals surface area contributed by atoms with E-state index in [0.29, 0.717) is 23.6 Å². The highest BCUT2D eigenvalue weighted by molar-refractivity contribution is 6.01. The van der Waals surface area contributed by atoms with Gasteiger partial charge in [0, 0.05) is 42.0 Å². The van der Waals surface area contributed by atoms with Crippen molar-refractivity contribution < 1.29 is 9.13 Å². The van der Waals surface area contributed by atoms with Crippen LogP contribution in [0, 0.1) is 5.41 Å². The molecule has 1 aromatic carbocycles. The number of hydrogen-bond acceptors (Lipinski definition) is 5. The molecule has 2 aliphatic rings. The molecule has 0 radical (unpaired) electrons. The Morgan fingerprint density at radius 1 is 1.29 bits per heavy atom. The van der Waals surface area contributed by atoms with E-state index in [1.54, 1.807) is 12.4 Å². The molecule has 34 heavy (non-hydrogen) atoms. The van der Waals surface area contributed by atoms with Crippen molar-refractivity contribution in [2.75, 3.05) is 13.2 Å². The van der Waals surface area contributed by atoms with Crippen molar-refractivity contribution in [2.45, 2.75) is 46.3 Å². The quantitative estimate of drug-likeness (QED) is 0.522. The lowest BCUT2D eigenvalue weighted by Crippen LogP contribution is -2.27. The molecular formula is C27H30FN5O. The topological polar surface area (TPSA) is 66.4 Å². The van der Waals surface area contributed by atoms with Gasteiger partial charge in [0.2, 0.25) is 0 Å². The number of nitrogens with one attached hydrogen (secondary N) is 1. The largest absolute Gasteiger partial charge is 0.491 e. The molecular weight excluding hydrogens is 429 g/mol. The number of pyridine rings is 1. The first-order chi connectivity index (χ1) is 16.4. The zero-order chi connectivity index (χ0) is 23.7.